The van der Waals surface area contributed by atoms with E-state index in [9.17, 15) is 13.2 Å². The second-order valence-electron chi connectivity index (χ2n) is 4.35. The molecule has 2 aromatic rings. The lowest BCUT2D eigenvalue weighted by Gasteiger charge is -2.09. The number of carbonyl (C=O) groups is 1. The van der Waals surface area contributed by atoms with E-state index in [1.165, 1.54) is 18.2 Å². The second kappa shape index (κ2) is 6.05. The van der Waals surface area contributed by atoms with Crippen LogP contribution in [0.15, 0.2) is 47.4 Å². The van der Waals surface area contributed by atoms with Gasteiger partial charge < -0.3 is 5.32 Å². The fraction of sp³-hybridized carbons (Fsp3) is 0.0714. The van der Waals surface area contributed by atoms with Gasteiger partial charge in [0.15, 0.2) is 9.84 Å². The molecule has 0 bridgehead atoms. The van der Waals surface area contributed by atoms with Crippen molar-refractivity contribution in [1.82, 2.24) is 0 Å². The lowest BCUT2D eigenvalue weighted by molar-refractivity contribution is 0.102. The molecular formula is C14H11Cl2NO3S. The van der Waals surface area contributed by atoms with Crippen molar-refractivity contribution in [3.05, 3.63) is 58.1 Å². The van der Waals surface area contributed by atoms with Crippen molar-refractivity contribution >= 4 is 44.6 Å². The van der Waals surface area contributed by atoms with Crippen LogP contribution < -0.4 is 5.32 Å². The molecule has 0 saturated heterocycles. The zero-order valence-corrected chi connectivity index (χ0v) is 13.3. The van der Waals surface area contributed by atoms with Crippen molar-refractivity contribution in [2.24, 2.45) is 0 Å². The molecule has 1 amide bonds. The molecule has 0 aliphatic rings. The molecule has 1 N–H and O–H groups in total. The summed E-state index contributed by atoms with van der Waals surface area (Å²) in [5.41, 5.74) is 0.625. The molecule has 0 aliphatic carbocycles. The Bertz CT molecular complexity index is 804. The summed E-state index contributed by atoms with van der Waals surface area (Å²) in [5.74, 6) is -0.468. The van der Waals surface area contributed by atoms with Crippen LogP contribution >= 0.6 is 23.2 Å². The normalized spacial score (nSPS) is 11.2. The molecule has 0 fully saturated rings. The van der Waals surface area contributed by atoms with Gasteiger partial charge in [-0.3, -0.25) is 4.79 Å². The average molecular weight is 344 g/mol. The van der Waals surface area contributed by atoms with Crippen molar-refractivity contribution in [2.75, 3.05) is 11.6 Å². The highest BCUT2D eigenvalue weighted by Crippen LogP contribution is 2.24. The van der Waals surface area contributed by atoms with Gasteiger partial charge in [-0.25, -0.2) is 8.42 Å². The molecule has 110 valence electrons. The van der Waals surface area contributed by atoms with Crippen LogP contribution in [0.5, 0.6) is 0 Å². The summed E-state index contributed by atoms with van der Waals surface area (Å²) < 4.78 is 23.2. The number of anilines is 1. The van der Waals surface area contributed by atoms with Crippen LogP contribution in [0.2, 0.25) is 10.0 Å². The fourth-order valence-corrected chi connectivity index (χ4v) is 3.17. The third kappa shape index (κ3) is 3.75. The number of hydrogen-bond acceptors (Lipinski definition) is 3. The van der Waals surface area contributed by atoms with E-state index in [-0.39, 0.29) is 15.5 Å². The summed E-state index contributed by atoms with van der Waals surface area (Å²) in [6, 6.07) is 10.8. The lowest BCUT2D eigenvalue weighted by atomic mass is 10.2. The predicted molar refractivity (Wildman–Crippen MR) is 84.0 cm³/mol. The van der Waals surface area contributed by atoms with Gasteiger partial charge in [-0.15, -0.1) is 0 Å². The number of hydrogen-bond donors (Lipinski definition) is 1. The van der Waals surface area contributed by atoms with Crippen LogP contribution in [0.3, 0.4) is 0 Å². The van der Waals surface area contributed by atoms with Crippen LogP contribution in [0.25, 0.3) is 0 Å². The zero-order valence-electron chi connectivity index (χ0n) is 10.9. The first-order valence-corrected chi connectivity index (χ1v) is 8.49. The van der Waals surface area contributed by atoms with E-state index in [0.717, 1.165) is 6.26 Å². The zero-order chi connectivity index (χ0) is 15.6. The Morgan fingerprint density at radius 3 is 2.33 bits per heavy atom. The van der Waals surface area contributed by atoms with Gasteiger partial charge in [0.1, 0.15) is 0 Å². The van der Waals surface area contributed by atoms with Crippen molar-refractivity contribution in [3.8, 4) is 0 Å². The highest BCUT2D eigenvalue weighted by Gasteiger charge is 2.16. The highest BCUT2D eigenvalue weighted by molar-refractivity contribution is 7.90. The van der Waals surface area contributed by atoms with Crippen molar-refractivity contribution < 1.29 is 13.2 Å². The number of amides is 1. The molecule has 0 aliphatic heterocycles. The molecule has 0 atom stereocenters. The summed E-state index contributed by atoms with van der Waals surface area (Å²) in [6.07, 6.45) is 1.03. The maximum absolute atomic E-state index is 12.1. The third-order valence-corrected chi connectivity index (χ3v) is 4.62. The Morgan fingerprint density at radius 1 is 1.05 bits per heavy atom. The molecule has 2 aromatic carbocycles. The van der Waals surface area contributed by atoms with Crippen LogP contribution in [0.4, 0.5) is 5.69 Å². The van der Waals surface area contributed by atoms with Gasteiger partial charge in [-0.2, -0.15) is 0 Å². The van der Waals surface area contributed by atoms with Gasteiger partial charge in [0, 0.05) is 11.8 Å². The van der Waals surface area contributed by atoms with Gasteiger partial charge in [-0.05, 0) is 30.3 Å². The SMILES string of the molecule is CS(=O)(=O)c1cc(C(=O)Nc2ccccc2Cl)ccc1Cl. The van der Waals surface area contributed by atoms with E-state index in [1.807, 2.05) is 0 Å². The minimum Gasteiger partial charge on any atom is -0.321 e. The quantitative estimate of drug-likeness (QED) is 0.924. The van der Waals surface area contributed by atoms with E-state index in [1.54, 1.807) is 24.3 Å². The maximum atomic E-state index is 12.1. The molecule has 0 saturated carbocycles. The first-order valence-electron chi connectivity index (χ1n) is 5.84. The number of carbonyl (C=O) groups excluding carboxylic acids is 1. The third-order valence-electron chi connectivity index (χ3n) is 2.71. The molecule has 0 unspecified atom stereocenters. The molecule has 7 heteroatoms. The molecule has 2 rings (SSSR count). The summed E-state index contributed by atoms with van der Waals surface area (Å²) >= 11 is 11.8. The topological polar surface area (TPSA) is 63.2 Å². The Morgan fingerprint density at radius 2 is 1.71 bits per heavy atom. The number of nitrogens with one attached hydrogen (secondary N) is 1. The van der Waals surface area contributed by atoms with Crippen molar-refractivity contribution in [3.63, 3.8) is 0 Å². The largest absolute Gasteiger partial charge is 0.321 e. The summed E-state index contributed by atoms with van der Waals surface area (Å²) in [7, 11) is -3.51. The Kier molecular flexibility index (Phi) is 4.56. The Balaban J connectivity index is 2.35. The van der Waals surface area contributed by atoms with E-state index in [2.05, 4.69) is 5.32 Å². The van der Waals surface area contributed by atoms with Gasteiger partial charge in [0.05, 0.1) is 20.6 Å². The first kappa shape index (κ1) is 15.8. The lowest BCUT2D eigenvalue weighted by Crippen LogP contribution is -2.13. The van der Waals surface area contributed by atoms with Crippen LogP contribution in [-0.4, -0.2) is 20.6 Å². The number of benzene rings is 2. The second-order valence-corrected chi connectivity index (χ2v) is 7.15. The van der Waals surface area contributed by atoms with Gasteiger partial charge in [-0.1, -0.05) is 35.3 Å². The minimum atomic E-state index is -3.51. The molecule has 0 aromatic heterocycles. The number of halogens is 2. The Hall–Kier alpha value is -1.56. The van der Waals surface area contributed by atoms with Gasteiger partial charge in [0.25, 0.3) is 5.91 Å². The van der Waals surface area contributed by atoms with Gasteiger partial charge >= 0.3 is 0 Å². The smallest absolute Gasteiger partial charge is 0.255 e. The molecule has 21 heavy (non-hydrogen) atoms. The fourth-order valence-electron chi connectivity index (χ4n) is 1.69. The monoisotopic (exact) mass is 343 g/mol. The molecule has 4 nitrogen and oxygen atoms in total. The summed E-state index contributed by atoms with van der Waals surface area (Å²) in [4.78, 5) is 12.1. The summed E-state index contributed by atoms with van der Waals surface area (Å²) in [5, 5.41) is 3.08. The van der Waals surface area contributed by atoms with E-state index < -0.39 is 15.7 Å². The van der Waals surface area contributed by atoms with Crippen LogP contribution in [-0.2, 0) is 9.84 Å². The molecule has 0 heterocycles. The molecule has 0 radical (unpaired) electrons. The van der Waals surface area contributed by atoms with E-state index in [0.29, 0.717) is 10.7 Å². The maximum Gasteiger partial charge on any atom is 0.255 e. The predicted octanol–water partition coefficient (Wildman–Crippen LogP) is 3.65. The van der Waals surface area contributed by atoms with Gasteiger partial charge in [0.2, 0.25) is 0 Å². The number of para-hydroxylation sites is 1. The molecular weight excluding hydrogens is 333 g/mol. The number of sulfone groups is 1. The Labute approximate surface area is 132 Å². The molecule has 0 spiro atoms. The standard InChI is InChI=1S/C14H11Cl2NO3S/c1-21(19,20)13-8-9(6-7-11(13)16)14(18)17-12-5-3-2-4-10(12)15/h2-8H,1H3,(H,17,18). The summed E-state index contributed by atoms with van der Waals surface area (Å²) in [6.45, 7) is 0. The minimum absolute atomic E-state index is 0.0757. The van der Waals surface area contributed by atoms with E-state index in [4.69, 9.17) is 23.2 Å². The van der Waals surface area contributed by atoms with Crippen LogP contribution in [0.1, 0.15) is 10.4 Å². The number of rotatable bonds is 3. The van der Waals surface area contributed by atoms with E-state index >= 15 is 0 Å². The van der Waals surface area contributed by atoms with Crippen molar-refractivity contribution in [2.45, 2.75) is 4.90 Å². The first-order chi connectivity index (χ1) is 9.79. The van der Waals surface area contributed by atoms with Crippen LogP contribution in [0, 0.1) is 0 Å². The average Bonchev–Trinajstić information content (AvgIpc) is 2.40. The highest BCUT2D eigenvalue weighted by atomic mass is 35.5. The van der Waals surface area contributed by atoms with Crippen molar-refractivity contribution in [1.29, 1.82) is 0 Å².